The smallest absolute Gasteiger partial charge is 0.348 e. The zero-order chi connectivity index (χ0) is 20.9. The van der Waals surface area contributed by atoms with Gasteiger partial charge in [0.1, 0.15) is 4.88 Å². The van der Waals surface area contributed by atoms with E-state index in [2.05, 4.69) is 33.8 Å². The van der Waals surface area contributed by atoms with Gasteiger partial charge in [0, 0.05) is 17.8 Å². The van der Waals surface area contributed by atoms with E-state index in [0.717, 1.165) is 37.0 Å². The van der Waals surface area contributed by atoms with Gasteiger partial charge in [0.25, 0.3) is 0 Å². The Morgan fingerprint density at radius 2 is 2.00 bits per heavy atom. The molecule has 0 fully saturated rings. The van der Waals surface area contributed by atoms with E-state index < -0.39 is 5.97 Å². The molecule has 28 heavy (non-hydrogen) atoms. The van der Waals surface area contributed by atoms with Crippen LogP contribution in [0.1, 0.15) is 94.1 Å². The summed E-state index contributed by atoms with van der Waals surface area (Å²) in [5.74, 6) is -0.414. The molecule has 2 rings (SSSR count). The maximum atomic E-state index is 12.7. The molecule has 0 aromatic carbocycles. The Kier molecular flexibility index (Phi) is 7.87. The van der Waals surface area contributed by atoms with E-state index in [1.807, 2.05) is 13.0 Å². The Labute approximate surface area is 173 Å². The van der Waals surface area contributed by atoms with Crippen molar-refractivity contribution in [1.29, 1.82) is 0 Å². The van der Waals surface area contributed by atoms with Crippen LogP contribution in [0.15, 0.2) is 12.1 Å². The normalized spacial score (nSPS) is 15.8. The fourth-order valence-corrected chi connectivity index (χ4v) is 4.58. The summed E-state index contributed by atoms with van der Waals surface area (Å²) >= 11 is 1.31. The molecule has 1 unspecified atom stereocenters. The molecular weight excluding hydrogens is 370 g/mol. The van der Waals surface area contributed by atoms with Gasteiger partial charge < -0.3 is 10.0 Å². The highest BCUT2D eigenvalue weighted by molar-refractivity contribution is 7.15. The fourth-order valence-electron chi connectivity index (χ4n) is 3.51. The molecule has 0 aliphatic heterocycles. The van der Waals surface area contributed by atoms with Gasteiger partial charge in [-0.15, -0.1) is 11.3 Å². The number of anilines is 1. The molecular formula is C23H35NO3S. The third-order valence-corrected chi connectivity index (χ3v) is 7.09. The molecule has 0 bridgehead atoms. The predicted molar refractivity (Wildman–Crippen MR) is 118 cm³/mol. The summed E-state index contributed by atoms with van der Waals surface area (Å²) in [4.78, 5) is 27.6. The molecule has 0 saturated heterocycles. The van der Waals surface area contributed by atoms with Crippen molar-refractivity contribution in [2.45, 2.75) is 79.6 Å². The molecule has 1 aromatic heterocycles. The molecule has 1 aromatic rings. The van der Waals surface area contributed by atoms with Crippen molar-refractivity contribution in [2.75, 3.05) is 11.4 Å². The third kappa shape index (κ3) is 5.69. The van der Waals surface area contributed by atoms with E-state index in [-0.39, 0.29) is 16.2 Å². The Hall–Kier alpha value is -1.62. The summed E-state index contributed by atoms with van der Waals surface area (Å²) in [5.41, 5.74) is 2.04. The Bertz CT molecular complexity index is 727. The summed E-state index contributed by atoms with van der Waals surface area (Å²) < 4.78 is 0. The molecule has 1 atom stereocenters. The Balaban J connectivity index is 2.27. The lowest BCUT2D eigenvalue weighted by Gasteiger charge is -2.28. The minimum absolute atomic E-state index is 0.00659. The van der Waals surface area contributed by atoms with Crippen LogP contribution in [0, 0.1) is 11.3 Å². The molecule has 0 saturated carbocycles. The van der Waals surface area contributed by atoms with Crippen LogP contribution < -0.4 is 4.90 Å². The number of carbonyl (C=O) groups excluding carboxylic acids is 1. The molecule has 1 N–H and O–H groups in total. The number of aromatic carboxylic acids is 1. The van der Waals surface area contributed by atoms with Gasteiger partial charge in [-0.1, -0.05) is 40.7 Å². The second-order valence-electron chi connectivity index (χ2n) is 8.91. The second kappa shape index (κ2) is 9.73. The summed E-state index contributed by atoms with van der Waals surface area (Å²) in [7, 11) is 0. The van der Waals surface area contributed by atoms with Crippen molar-refractivity contribution in [3.05, 3.63) is 21.9 Å². The lowest BCUT2D eigenvalue weighted by molar-refractivity contribution is -0.118. The number of amides is 1. The van der Waals surface area contributed by atoms with Crippen molar-refractivity contribution in [2.24, 2.45) is 11.3 Å². The van der Waals surface area contributed by atoms with Gasteiger partial charge in [-0.05, 0) is 61.5 Å². The predicted octanol–water partition coefficient (Wildman–Crippen LogP) is 6.61. The summed E-state index contributed by atoms with van der Waals surface area (Å²) in [6.45, 7) is 11.4. The Morgan fingerprint density at radius 1 is 1.29 bits per heavy atom. The van der Waals surface area contributed by atoms with Crippen LogP contribution >= 0.6 is 11.3 Å². The van der Waals surface area contributed by atoms with Crippen LogP contribution in [0.5, 0.6) is 0 Å². The highest BCUT2D eigenvalue weighted by Crippen LogP contribution is 2.38. The number of hydrogen-bond acceptors (Lipinski definition) is 3. The maximum absolute atomic E-state index is 12.7. The van der Waals surface area contributed by atoms with Crippen molar-refractivity contribution >= 4 is 34.5 Å². The van der Waals surface area contributed by atoms with Gasteiger partial charge in [-0.3, -0.25) is 4.79 Å². The Morgan fingerprint density at radius 3 is 2.54 bits per heavy atom. The van der Waals surface area contributed by atoms with Gasteiger partial charge in [0.2, 0.25) is 5.91 Å². The van der Waals surface area contributed by atoms with E-state index in [1.165, 1.54) is 23.3 Å². The van der Waals surface area contributed by atoms with Crippen LogP contribution in [0.2, 0.25) is 0 Å². The average Bonchev–Trinajstić information content (AvgIpc) is 3.09. The lowest BCUT2D eigenvalue weighted by atomic mass is 9.79. The number of thiophene rings is 1. The van der Waals surface area contributed by atoms with E-state index in [0.29, 0.717) is 24.6 Å². The fraction of sp³-hybridized carbons (Fsp3) is 0.652. The summed E-state index contributed by atoms with van der Waals surface area (Å²) in [5, 5.41) is 9.75. The van der Waals surface area contributed by atoms with Crippen LogP contribution in [-0.4, -0.2) is 23.5 Å². The highest BCUT2D eigenvalue weighted by atomic mass is 32.1. The van der Waals surface area contributed by atoms with E-state index >= 15 is 0 Å². The van der Waals surface area contributed by atoms with E-state index in [1.54, 1.807) is 4.90 Å². The largest absolute Gasteiger partial charge is 0.477 e. The SMILES string of the molecule is CCC(=O)N(CCCC(C)C(C)(C)C)c1cc(C2=CCCCC2)sc1C(=O)O. The van der Waals surface area contributed by atoms with Gasteiger partial charge in [-0.25, -0.2) is 4.79 Å². The number of carboxylic acids is 1. The van der Waals surface area contributed by atoms with Gasteiger partial charge in [-0.2, -0.15) is 0 Å². The third-order valence-electron chi connectivity index (χ3n) is 5.91. The van der Waals surface area contributed by atoms with Crippen molar-refractivity contribution in [3.8, 4) is 0 Å². The first-order valence-corrected chi connectivity index (χ1v) is 11.3. The molecule has 5 heteroatoms. The zero-order valence-corrected chi connectivity index (χ0v) is 18.8. The molecule has 1 aliphatic rings. The molecule has 0 spiro atoms. The molecule has 0 radical (unpaired) electrons. The molecule has 156 valence electrons. The first-order valence-electron chi connectivity index (χ1n) is 10.5. The number of allylic oxidation sites excluding steroid dienone is 2. The minimum atomic E-state index is -0.945. The molecule has 4 nitrogen and oxygen atoms in total. The second-order valence-corrected chi connectivity index (χ2v) is 9.97. The van der Waals surface area contributed by atoms with Gasteiger partial charge in [0.15, 0.2) is 0 Å². The molecule has 1 heterocycles. The zero-order valence-electron chi connectivity index (χ0n) is 18.0. The summed E-state index contributed by atoms with van der Waals surface area (Å²) in [6.07, 6.45) is 8.86. The van der Waals surface area contributed by atoms with Crippen LogP contribution in [0.4, 0.5) is 5.69 Å². The van der Waals surface area contributed by atoms with Crippen molar-refractivity contribution in [3.63, 3.8) is 0 Å². The highest BCUT2D eigenvalue weighted by Gasteiger charge is 2.26. The minimum Gasteiger partial charge on any atom is -0.477 e. The van der Waals surface area contributed by atoms with Crippen LogP contribution in [0.25, 0.3) is 5.57 Å². The maximum Gasteiger partial charge on any atom is 0.348 e. The quantitative estimate of drug-likeness (QED) is 0.529. The van der Waals surface area contributed by atoms with Gasteiger partial charge >= 0.3 is 5.97 Å². The van der Waals surface area contributed by atoms with Crippen molar-refractivity contribution in [1.82, 2.24) is 0 Å². The number of hydrogen-bond donors (Lipinski definition) is 1. The standard InChI is InChI=1S/C23H35NO3S/c1-6-20(25)24(14-10-11-16(2)23(3,4)5)18-15-19(28-21(18)22(26)27)17-12-8-7-9-13-17/h12,15-16H,6-11,13-14H2,1-5H3,(H,26,27). The molecule has 1 amide bonds. The first kappa shape index (κ1) is 22.7. The monoisotopic (exact) mass is 405 g/mol. The topological polar surface area (TPSA) is 57.6 Å². The summed E-state index contributed by atoms with van der Waals surface area (Å²) in [6, 6.07) is 1.94. The van der Waals surface area contributed by atoms with E-state index in [9.17, 15) is 14.7 Å². The number of rotatable bonds is 8. The van der Waals surface area contributed by atoms with Gasteiger partial charge in [0.05, 0.1) is 5.69 Å². The van der Waals surface area contributed by atoms with Crippen LogP contribution in [0.3, 0.4) is 0 Å². The van der Waals surface area contributed by atoms with Crippen LogP contribution in [-0.2, 0) is 4.79 Å². The molecule has 1 aliphatic carbocycles. The number of nitrogens with zero attached hydrogens (tertiary/aromatic N) is 1. The lowest BCUT2D eigenvalue weighted by Crippen LogP contribution is -2.32. The number of carbonyl (C=O) groups is 2. The number of carboxylic acid groups (broad SMARTS) is 1. The van der Waals surface area contributed by atoms with E-state index in [4.69, 9.17) is 0 Å². The average molecular weight is 406 g/mol. The van der Waals surface area contributed by atoms with Crippen molar-refractivity contribution < 1.29 is 14.7 Å². The first-order chi connectivity index (χ1) is 13.1.